The highest BCUT2D eigenvalue weighted by Gasteiger charge is 2.04. The molecule has 4 nitrogen and oxygen atoms in total. The monoisotopic (exact) mass is 366 g/mol. The lowest BCUT2D eigenvalue weighted by molar-refractivity contribution is 0.394. The van der Waals surface area contributed by atoms with E-state index in [9.17, 15) is 0 Å². The lowest BCUT2D eigenvalue weighted by Crippen LogP contribution is -2.16. The number of aryl methyl sites for hydroxylation is 1. The summed E-state index contributed by atoms with van der Waals surface area (Å²) in [5, 5.41) is 3.47. The van der Waals surface area contributed by atoms with E-state index < -0.39 is 0 Å². The van der Waals surface area contributed by atoms with Crippen molar-refractivity contribution in [2.24, 2.45) is 0 Å². The molecule has 0 aliphatic heterocycles. The van der Waals surface area contributed by atoms with Crippen LogP contribution in [-0.4, -0.2) is 42.1 Å². The van der Waals surface area contributed by atoms with Gasteiger partial charge in [-0.05, 0) is 63.5 Å². The van der Waals surface area contributed by atoms with E-state index >= 15 is 0 Å². The predicted octanol–water partition coefficient (Wildman–Crippen LogP) is 4.47. The number of aromatic nitrogens is 2. The summed E-state index contributed by atoms with van der Waals surface area (Å²) in [6, 6.07) is 8.46. The molecular formula is C23H34N4. The number of unbranched alkanes of at least 4 members (excludes halogenated alkanes) is 1. The van der Waals surface area contributed by atoms with Gasteiger partial charge in [0.05, 0.1) is 0 Å². The fourth-order valence-corrected chi connectivity index (χ4v) is 3.04. The fraction of sp³-hybridized carbons (Fsp3) is 0.478. The van der Waals surface area contributed by atoms with Crippen LogP contribution in [0.3, 0.4) is 0 Å². The Labute approximate surface area is 164 Å². The van der Waals surface area contributed by atoms with E-state index in [0.717, 1.165) is 50.3 Å². The zero-order valence-electron chi connectivity index (χ0n) is 17.2. The molecule has 1 aromatic heterocycles. The van der Waals surface area contributed by atoms with E-state index in [-0.39, 0.29) is 0 Å². The Hall–Kier alpha value is -2.04. The smallest absolute Gasteiger partial charge is 0.159 e. The van der Waals surface area contributed by atoms with Crippen LogP contribution >= 0.6 is 0 Å². The topological polar surface area (TPSA) is 41.1 Å². The van der Waals surface area contributed by atoms with Crippen LogP contribution in [0.4, 0.5) is 0 Å². The summed E-state index contributed by atoms with van der Waals surface area (Å²) in [6.45, 7) is 9.12. The van der Waals surface area contributed by atoms with Crippen molar-refractivity contribution in [1.82, 2.24) is 20.2 Å². The molecule has 146 valence electrons. The molecule has 2 rings (SSSR count). The zero-order valence-corrected chi connectivity index (χ0v) is 17.2. The number of benzene rings is 1. The quantitative estimate of drug-likeness (QED) is 0.444. The molecule has 2 aromatic rings. The lowest BCUT2D eigenvalue weighted by Gasteiger charge is -2.09. The first-order valence-corrected chi connectivity index (χ1v) is 10.0. The van der Waals surface area contributed by atoms with Crippen LogP contribution in [0.5, 0.6) is 0 Å². The molecule has 0 amide bonds. The fourth-order valence-electron chi connectivity index (χ4n) is 3.04. The van der Waals surface area contributed by atoms with Crippen molar-refractivity contribution in [3.63, 3.8) is 0 Å². The Bertz CT molecular complexity index is 692. The van der Waals surface area contributed by atoms with Gasteiger partial charge in [0.2, 0.25) is 0 Å². The number of hydrogen-bond donors (Lipinski definition) is 1. The maximum absolute atomic E-state index is 4.58. The van der Waals surface area contributed by atoms with Crippen LogP contribution in [0.15, 0.2) is 48.8 Å². The Kier molecular flexibility index (Phi) is 9.16. The normalized spacial score (nSPS) is 11.1. The zero-order chi connectivity index (χ0) is 19.5. The second-order valence-corrected chi connectivity index (χ2v) is 7.48. The van der Waals surface area contributed by atoms with Gasteiger partial charge in [0.25, 0.3) is 0 Å². The molecule has 1 aromatic carbocycles. The minimum absolute atomic E-state index is 0.796. The molecule has 0 atom stereocenters. The molecule has 0 aliphatic carbocycles. The SMILES string of the molecule is C=C(CCC)CNCc1cccc(-c2ncc(CCCCN(C)C)cn2)c1. The molecule has 0 bridgehead atoms. The summed E-state index contributed by atoms with van der Waals surface area (Å²) in [5.41, 5.74) is 4.79. The van der Waals surface area contributed by atoms with Crippen molar-refractivity contribution in [2.75, 3.05) is 27.2 Å². The van der Waals surface area contributed by atoms with Gasteiger partial charge >= 0.3 is 0 Å². The van der Waals surface area contributed by atoms with Crippen molar-refractivity contribution < 1.29 is 0 Å². The number of nitrogens with zero attached hydrogens (tertiary/aromatic N) is 3. The third-order valence-corrected chi connectivity index (χ3v) is 4.52. The van der Waals surface area contributed by atoms with Gasteiger partial charge in [-0.2, -0.15) is 0 Å². The maximum atomic E-state index is 4.58. The van der Waals surface area contributed by atoms with Gasteiger partial charge < -0.3 is 10.2 Å². The van der Waals surface area contributed by atoms with Gasteiger partial charge in [-0.15, -0.1) is 0 Å². The number of rotatable bonds is 12. The van der Waals surface area contributed by atoms with Gasteiger partial charge in [-0.1, -0.05) is 43.7 Å². The standard InChI is InChI=1S/C23H34N4/c1-5-9-19(2)15-24-16-20-11-8-12-22(14-20)23-25-17-21(18-26-23)10-6-7-13-27(3)4/h8,11-12,14,17-18,24H,2,5-7,9-10,13,15-16H2,1,3-4H3. The summed E-state index contributed by atoms with van der Waals surface area (Å²) in [4.78, 5) is 11.4. The van der Waals surface area contributed by atoms with Gasteiger partial charge in [-0.3, -0.25) is 0 Å². The largest absolute Gasteiger partial charge is 0.309 e. The molecule has 1 heterocycles. The first-order chi connectivity index (χ1) is 13.1. The molecule has 0 saturated heterocycles. The second kappa shape index (κ2) is 11.6. The van der Waals surface area contributed by atoms with Gasteiger partial charge in [-0.25, -0.2) is 9.97 Å². The van der Waals surface area contributed by atoms with E-state index in [4.69, 9.17) is 0 Å². The van der Waals surface area contributed by atoms with E-state index in [1.165, 1.54) is 29.5 Å². The van der Waals surface area contributed by atoms with E-state index in [1.54, 1.807) is 0 Å². The summed E-state index contributed by atoms with van der Waals surface area (Å²) in [5.74, 6) is 0.796. The Morgan fingerprint density at radius 3 is 2.59 bits per heavy atom. The van der Waals surface area contributed by atoms with Crippen LogP contribution < -0.4 is 5.32 Å². The summed E-state index contributed by atoms with van der Waals surface area (Å²) >= 11 is 0. The average Bonchev–Trinajstić information content (AvgIpc) is 2.66. The maximum Gasteiger partial charge on any atom is 0.159 e. The molecular weight excluding hydrogens is 332 g/mol. The predicted molar refractivity (Wildman–Crippen MR) is 115 cm³/mol. The molecule has 0 saturated carbocycles. The molecule has 0 radical (unpaired) electrons. The summed E-state index contributed by atoms with van der Waals surface area (Å²) in [7, 11) is 4.23. The van der Waals surface area contributed by atoms with Crippen molar-refractivity contribution in [3.05, 3.63) is 59.9 Å². The van der Waals surface area contributed by atoms with Gasteiger partial charge in [0.15, 0.2) is 5.82 Å². The van der Waals surface area contributed by atoms with E-state index in [0.29, 0.717) is 0 Å². The molecule has 0 unspecified atom stereocenters. The molecule has 1 N–H and O–H groups in total. The third-order valence-electron chi connectivity index (χ3n) is 4.52. The van der Waals surface area contributed by atoms with Crippen molar-refractivity contribution in [2.45, 2.75) is 45.6 Å². The van der Waals surface area contributed by atoms with Crippen molar-refractivity contribution in [1.29, 1.82) is 0 Å². The molecule has 4 heteroatoms. The molecule has 0 spiro atoms. The van der Waals surface area contributed by atoms with E-state index in [2.05, 4.69) is 72.0 Å². The second-order valence-electron chi connectivity index (χ2n) is 7.48. The highest BCUT2D eigenvalue weighted by atomic mass is 15.0. The molecule has 0 aliphatic rings. The highest BCUT2D eigenvalue weighted by Crippen LogP contribution is 2.17. The highest BCUT2D eigenvalue weighted by molar-refractivity contribution is 5.55. The van der Waals surface area contributed by atoms with Crippen molar-refractivity contribution >= 4 is 0 Å². The third kappa shape index (κ3) is 8.02. The van der Waals surface area contributed by atoms with Crippen LogP contribution in [0.1, 0.15) is 43.7 Å². The average molecular weight is 367 g/mol. The first-order valence-electron chi connectivity index (χ1n) is 10.0. The Morgan fingerprint density at radius 1 is 1.11 bits per heavy atom. The Morgan fingerprint density at radius 2 is 1.89 bits per heavy atom. The van der Waals surface area contributed by atoms with Crippen LogP contribution in [0, 0.1) is 0 Å². The first kappa shape index (κ1) is 21.3. The minimum Gasteiger partial charge on any atom is -0.309 e. The molecule has 27 heavy (non-hydrogen) atoms. The van der Waals surface area contributed by atoms with Crippen LogP contribution in [0.2, 0.25) is 0 Å². The van der Waals surface area contributed by atoms with Gasteiger partial charge in [0, 0.05) is 31.0 Å². The van der Waals surface area contributed by atoms with E-state index in [1.807, 2.05) is 12.4 Å². The minimum atomic E-state index is 0.796. The summed E-state index contributed by atoms with van der Waals surface area (Å²) in [6.07, 6.45) is 9.59. The molecule has 0 fully saturated rings. The van der Waals surface area contributed by atoms with Crippen molar-refractivity contribution in [3.8, 4) is 11.4 Å². The summed E-state index contributed by atoms with van der Waals surface area (Å²) < 4.78 is 0. The van der Waals surface area contributed by atoms with Crippen LogP contribution in [0.25, 0.3) is 11.4 Å². The number of hydrogen-bond acceptors (Lipinski definition) is 4. The Balaban J connectivity index is 1.87. The van der Waals surface area contributed by atoms with Gasteiger partial charge in [0.1, 0.15) is 0 Å². The number of nitrogens with one attached hydrogen (secondary N) is 1. The van der Waals surface area contributed by atoms with Crippen LogP contribution in [-0.2, 0) is 13.0 Å². The lowest BCUT2D eigenvalue weighted by atomic mass is 10.1.